The molecular formula is C16H18N2O. The summed E-state index contributed by atoms with van der Waals surface area (Å²) in [6.45, 7) is 1.68. The summed E-state index contributed by atoms with van der Waals surface area (Å²) in [4.78, 5) is 11.1. The van der Waals surface area contributed by atoms with E-state index in [9.17, 15) is 4.79 Å². The van der Waals surface area contributed by atoms with Crippen molar-refractivity contribution in [3.8, 4) is 0 Å². The quantitative estimate of drug-likeness (QED) is 0.878. The van der Waals surface area contributed by atoms with Gasteiger partial charge in [-0.15, -0.1) is 0 Å². The minimum atomic E-state index is 0.178. The van der Waals surface area contributed by atoms with E-state index in [0.717, 1.165) is 19.5 Å². The highest BCUT2D eigenvalue weighted by Crippen LogP contribution is 2.18. The van der Waals surface area contributed by atoms with Crippen molar-refractivity contribution in [3.05, 3.63) is 48.0 Å². The highest BCUT2D eigenvalue weighted by molar-refractivity contribution is 5.85. The number of carbonyl (C=O) groups is 1. The van der Waals surface area contributed by atoms with Crippen LogP contribution in [-0.2, 0) is 11.3 Å². The van der Waals surface area contributed by atoms with E-state index in [4.69, 9.17) is 0 Å². The van der Waals surface area contributed by atoms with Crippen molar-refractivity contribution < 1.29 is 4.79 Å². The van der Waals surface area contributed by atoms with Crippen LogP contribution in [0.15, 0.2) is 42.5 Å². The minimum Gasteiger partial charge on any atom is -0.352 e. The number of hydrogen-bond acceptors (Lipinski definition) is 2. The molecule has 3 heteroatoms. The fraction of sp³-hybridized carbons (Fsp3) is 0.312. The zero-order chi connectivity index (χ0) is 13.1. The maximum atomic E-state index is 11.1. The smallest absolute Gasteiger partial charge is 0.220 e. The average molecular weight is 254 g/mol. The van der Waals surface area contributed by atoms with Gasteiger partial charge in [0.25, 0.3) is 0 Å². The minimum absolute atomic E-state index is 0.178. The Bertz CT molecular complexity index is 589. The van der Waals surface area contributed by atoms with E-state index in [1.54, 1.807) is 0 Å². The van der Waals surface area contributed by atoms with E-state index >= 15 is 0 Å². The van der Waals surface area contributed by atoms with Crippen LogP contribution < -0.4 is 10.6 Å². The molecule has 2 N–H and O–H groups in total. The Morgan fingerprint density at radius 3 is 2.84 bits per heavy atom. The van der Waals surface area contributed by atoms with Crippen LogP contribution in [0.1, 0.15) is 18.4 Å². The molecule has 3 rings (SSSR count). The molecule has 0 radical (unpaired) electrons. The predicted molar refractivity (Wildman–Crippen MR) is 76.8 cm³/mol. The van der Waals surface area contributed by atoms with Gasteiger partial charge in [-0.2, -0.15) is 0 Å². The Kier molecular flexibility index (Phi) is 3.47. The van der Waals surface area contributed by atoms with Crippen molar-refractivity contribution in [2.75, 3.05) is 6.54 Å². The van der Waals surface area contributed by atoms with E-state index in [2.05, 4.69) is 53.1 Å². The Balaban J connectivity index is 1.64. The summed E-state index contributed by atoms with van der Waals surface area (Å²) in [5.41, 5.74) is 1.31. The van der Waals surface area contributed by atoms with Crippen LogP contribution in [0.4, 0.5) is 0 Å². The van der Waals surface area contributed by atoms with Gasteiger partial charge in [-0.3, -0.25) is 4.79 Å². The van der Waals surface area contributed by atoms with Crippen molar-refractivity contribution in [3.63, 3.8) is 0 Å². The first-order chi connectivity index (χ1) is 9.33. The van der Waals surface area contributed by atoms with Crippen molar-refractivity contribution >= 4 is 16.7 Å². The lowest BCUT2D eigenvalue weighted by molar-refractivity contribution is -0.119. The molecular weight excluding hydrogens is 236 g/mol. The molecule has 0 aliphatic carbocycles. The lowest BCUT2D eigenvalue weighted by Gasteiger charge is -2.12. The van der Waals surface area contributed by atoms with Crippen LogP contribution in [0, 0.1) is 0 Å². The largest absolute Gasteiger partial charge is 0.352 e. The maximum absolute atomic E-state index is 11.1. The van der Waals surface area contributed by atoms with Gasteiger partial charge in [-0.1, -0.05) is 42.5 Å². The van der Waals surface area contributed by atoms with Gasteiger partial charge in [0.1, 0.15) is 0 Å². The molecule has 1 saturated heterocycles. The molecule has 3 nitrogen and oxygen atoms in total. The summed E-state index contributed by atoms with van der Waals surface area (Å²) in [7, 11) is 0. The summed E-state index contributed by atoms with van der Waals surface area (Å²) < 4.78 is 0. The summed E-state index contributed by atoms with van der Waals surface area (Å²) in [5, 5.41) is 8.99. The Morgan fingerprint density at radius 1 is 1.16 bits per heavy atom. The molecule has 0 aromatic heterocycles. The van der Waals surface area contributed by atoms with Crippen LogP contribution in [0.3, 0.4) is 0 Å². The van der Waals surface area contributed by atoms with Gasteiger partial charge in [0.05, 0.1) is 0 Å². The molecule has 1 amide bonds. The van der Waals surface area contributed by atoms with Crippen LogP contribution in [0.2, 0.25) is 0 Å². The summed E-state index contributed by atoms with van der Waals surface area (Å²) in [6.07, 6.45) is 1.61. The molecule has 0 bridgehead atoms. The van der Waals surface area contributed by atoms with Gasteiger partial charge in [0.15, 0.2) is 0 Å². The Morgan fingerprint density at radius 2 is 2.00 bits per heavy atom. The molecule has 2 aromatic rings. The van der Waals surface area contributed by atoms with Gasteiger partial charge >= 0.3 is 0 Å². The van der Waals surface area contributed by atoms with Gasteiger partial charge in [0.2, 0.25) is 5.91 Å². The van der Waals surface area contributed by atoms with E-state index in [1.165, 1.54) is 16.3 Å². The molecule has 1 heterocycles. The molecule has 2 aromatic carbocycles. The second kappa shape index (κ2) is 5.41. The first-order valence-electron chi connectivity index (χ1n) is 6.79. The molecule has 1 aliphatic heterocycles. The van der Waals surface area contributed by atoms with Crippen molar-refractivity contribution in [1.82, 2.24) is 10.6 Å². The molecule has 0 spiro atoms. The lowest BCUT2D eigenvalue weighted by Crippen LogP contribution is -2.35. The number of nitrogens with one attached hydrogen (secondary N) is 2. The van der Waals surface area contributed by atoms with E-state index in [1.807, 2.05) is 0 Å². The second-order valence-electron chi connectivity index (χ2n) is 5.07. The van der Waals surface area contributed by atoms with Crippen molar-refractivity contribution in [2.24, 2.45) is 0 Å². The standard InChI is InChI=1S/C16H18N2O/c19-16-9-8-14(18-16)11-17-10-13-6-3-5-12-4-1-2-7-15(12)13/h1-7,14,17H,8-11H2,(H,18,19). The van der Waals surface area contributed by atoms with E-state index < -0.39 is 0 Å². The maximum Gasteiger partial charge on any atom is 0.220 e. The number of benzene rings is 2. The number of hydrogen-bond donors (Lipinski definition) is 2. The fourth-order valence-electron chi connectivity index (χ4n) is 2.66. The Labute approximate surface area is 113 Å². The number of carbonyl (C=O) groups excluding carboxylic acids is 1. The molecule has 1 unspecified atom stereocenters. The molecule has 98 valence electrons. The average Bonchev–Trinajstić information content (AvgIpc) is 2.85. The molecule has 1 atom stereocenters. The van der Waals surface area contributed by atoms with Crippen molar-refractivity contribution in [2.45, 2.75) is 25.4 Å². The molecule has 19 heavy (non-hydrogen) atoms. The second-order valence-corrected chi connectivity index (χ2v) is 5.07. The lowest BCUT2D eigenvalue weighted by atomic mass is 10.0. The van der Waals surface area contributed by atoms with Crippen LogP contribution in [-0.4, -0.2) is 18.5 Å². The van der Waals surface area contributed by atoms with Gasteiger partial charge < -0.3 is 10.6 Å². The zero-order valence-corrected chi connectivity index (χ0v) is 10.9. The third kappa shape index (κ3) is 2.76. The van der Waals surface area contributed by atoms with Crippen LogP contribution >= 0.6 is 0 Å². The molecule has 0 saturated carbocycles. The monoisotopic (exact) mass is 254 g/mol. The number of amides is 1. The van der Waals surface area contributed by atoms with Crippen LogP contribution in [0.25, 0.3) is 10.8 Å². The summed E-state index contributed by atoms with van der Waals surface area (Å²) in [6, 6.07) is 15.1. The van der Waals surface area contributed by atoms with Crippen molar-refractivity contribution in [1.29, 1.82) is 0 Å². The first kappa shape index (κ1) is 12.2. The zero-order valence-electron chi connectivity index (χ0n) is 10.9. The summed E-state index contributed by atoms with van der Waals surface area (Å²) >= 11 is 0. The highest BCUT2D eigenvalue weighted by atomic mass is 16.1. The number of rotatable bonds is 4. The molecule has 1 fully saturated rings. The summed E-state index contributed by atoms with van der Waals surface area (Å²) in [5.74, 6) is 0.178. The third-order valence-corrected chi connectivity index (χ3v) is 3.67. The number of fused-ring (bicyclic) bond motifs is 1. The first-order valence-corrected chi connectivity index (χ1v) is 6.79. The van der Waals surface area contributed by atoms with E-state index in [-0.39, 0.29) is 5.91 Å². The van der Waals surface area contributed by atoms with Crippen LogP contribution in [0.5, 0.6) is 0 Å². The highest BCUT2D eigenvalue weighted by Gasteiger charge is 2.19. The topological polar surface area (TPSA) is 41.1 Å². The fourth-order valence-corrected chi connectivity index (χ4v) is 2.66. The van der Waals surface area contributed by atoms with E-state index in [0.29, 0.717) is 12.5 Å². The van der Waals surface area contributed by atoms with Gasteiger partial charge in [-0.25, -0.2) is 0 Å². The normalized spacial score (nSPS) is 18.7. The predicted octanol–water partition coefficient (Wildman–Crippen LogP) is 2.21. The molecule has 1 aliphatic rings. The van der Waals surface area contributed by atoms with Gasteiger partial charge in [-0.05, 0) is 22.8 Å². The Hall–Kier alpha value is -1.87. The van der Waals surface area contributed by atoms with Gasteiger partial charge in [0, 0.05) is 25.6 Å². The third-order valence-electron chi connectivity index (χ3n) is 3.67. The SMILES string of the molecule is O=C1CCC(CNCc2cccc3ccccc23)N1.